The second kappa shape index (κ2) is 10.3. The van der Waals surface area contributed by atoms with Crippen LogP contribution in [-0.2, 0) is 6.54 Å². The maximum absolute atomic E-state index is 14.7. The minimum atomic E-state index is -0.820. The zero-order valence-corrected chi connectivity index (χ0v) is 21.3. The lowest BCUT2D eigenvalue weighted by Gasteiger charge is -2.22. The SMILES string of the molecule is N#Cc1ccc2sc3c(cc(F)c(=O)n3Cc3cccc(-c4ncc(OCC5CCNCC5)cn4)c3)c2c1. The van der Waals surface area contributed by atoms with Crippen molar-refractivity contribution >= 4 is 31.6 Å². The second-order valence-electron chi connectivity index (χ2n) is 9.47. The van der Waals surface area contributed by atoms with Gasteiger partial charge in [0.1, 0.15) is 4.83 Å². The Bertz CT molecular complexity index is 1730. The van der Waals surface area contributed by atoms with Gasteiger partial charge in [0.05, 0.1) is 37.2 Å². The molecule has 1 saturated heterocycles. The molecule has 0 atom stereocenters. The van der Waals surface area contributed by atoms with Crippen LogP contribution in [0.2, 0.25) is 0 Å². The summed E-state index contributed by atoms with van der Waals surface area (Å²) in [6.07, 6.45) is 5.58. The minimum absolute atomic E-state index is 0.191. The van der Waals surface area contributed by atoms with Crippen LogP contribution in [0, 0.1) is 23.1 Å². The van der Waals surface area contributed by atoms with Gasteiger partial charge in [0.25, 0.3) is 5.56 Å². The van der Waals surface area contributed by atoms with Crippen LogP contribution < -0.4 is 15.6 Å². The highest BCUT2D eigenvalue weighted by molar-refractivity contribution is 7.25. The largest absolute Gasteiger partial charge is 0.490 e. The first-order chi connectivity index (χ1) is 18.6. The fraction of sp³-hybridized carbons (Fsp3) is 0.241. The minimum Gasteiger partial charge on any atom is -0.490 e. The summed E-state index contributed by atoms with van der Waals surface area (Å²) >= 11 is 1.41. The number of piperidine rings is 1. The maximum Gasteiger partial charge on any atom is 0.287 e. The summed E-state index contributed by atoms with van der Waals surface area (Å²) < 4.78 is 23.0. The van der Waals surface area contributed by atoms with Gasteiger partial charge in [-0.3, -0.25) is 9.36 Å². The first-order valence-electron chi connectivity index (χ1n) is 12.5. The molecule has 4 heterocycles. The van der Waals surface area contributed by atoms with Crippen molar-refractivity contribution in [3.05, 3.63) is 88.2 Å². The quantitative estimate of drug-likeness (QED) is 0.331. The van der Waals surface area contributed by atoms with E-state index in [1.165, 1.54) is 22.0 Å². The van der Waals surface area contributed by atoms with Gasteiger partial charge >= 0.3 is 0 Å². The number of nitrogens with one attached hydrogen (secondary N) is 1. The number of thiophene rings is 1. The summed E-state index contributed by atoms with van der Waals surface area (Å²) in [5.41, 5.74) is 1.43. The van der Waals surface area contributed by atoms with E-state index in [1.807, 2.05) is 30.3 Å². The van der Waals surface area contributed by atoms with Crippen LogP contribution in [0.3, 0.4) is 0 Å². The van der Waals surface area contributed by atoms with E-state index >= 15 is 0 Å². The lowest BCUT2D eigenvalue weighted by atomic mass is 9.99. The van der Waals surface area contributed by atoms with E-state index in [1.54, 1.807) is 24.5 Å². The molecule has 0 radical (unpaired) electrons. The number of nitrogens with zero attached hydrogens (tertiary/aromatic N) is 4. The Morgan fingerprint density at radius 2 is 1.92 bits per heavy atom. The van der Waals surface area contributed by atoms with Crippen molar-refractivity contribution in [1.29, 1.82) is 5.26 Å². The van der Waals surface area contributed by atoms with E-state index in [2.05, 4.69) is 21.4 Å². The zero-order chi connectivity index (χ0) is 26.1. The van der Waals surface area contributed by atoms with E-state index in [4.69, 9.17) is 4.74 Å². The number of aromatic nitrogens is 3. The van der Waals surface area contributed by atoms with Gasteiger partial charge in [-0.1, -0.05) is 18.2 Å². The molecule has 0 saturated carbocycles. The standard InChI is InChI=1S/C29H24FN5O2S/c30-25-12-24-23-11-19(13-31)4-5-26(23)38-29(24)35(28(25)36)16-20-2-1-3-21(10-20)27-33-14-22(15-34-27)37-17-18-6-8-32-9-7-18/h1-5,10-12,14-15,18,32H,6-9,16-17H2. The van der Waals surface area contributed by atoms with E-state index in [-0.39, 0.29) is 6.54 Å². The maximum atomic E-state index is 14.7. The molecule has 190 valence electrons. The number of pyridine rings is 1. The van der Waals surface area contributed by atoms with E-state index in [0.717, 1.165) is 47.1 Å². The highest BCUT2D eigenvalue weighted by Gasteiger charge is 2.16. The molecule has 1 aliphatic heterocycles. The molecular weight excluding hydrogens is 501 g/mol. The first kappa shape index (κ1) is 24.2. The number of fused-ring (bicyclic) bond motifs is 3. The predicted molar refractivity (Wildman–Crippen MR) is 146 cm³/mol. The van der Waals surface area contributed by atoms with E-state index < -0.39 is 11.4 Å². The summed E-state index contributed by atoms with van der Waals surface area (Å²) in [6, 6.07) is 16.3. The number of ether oxygens (including phenoxy) is 1. The van der Waals surface area contributed by atoms with Crippen LogP contribution in [0.1, 0.15) is 24.0 Å². The van der Waals surface area contributed by atoms with Crippen LogP contribution >= 0.6 is 11.3 Å². The average molecular weight is 526 g/mol. The van der Waals surface area contributed by atoms with Crippen molar-refractivity contribution in [3.63, 3.8) is 0 Å². The van der Waals surface area contributed by atoms with Crippen LogP contribution in [-0.4, -0.2) is 34.2 Å². The Hall–Kier alpha value is -4.13. The van der Waals surface area contributed by atoms with Gasteiger partial charge in [-0.25, -0.2) is 14.4 Å². The number of rotatable bonds is 6. The molecule has 5 aromatic rings. The van der Waals surface area contributed by atoms with Crippen LogP contribution in [0.25, 0.3) is 31.7 Å². The Morgan fingerprint density at radius 3 is 2.71 bits per heavy atom. The van der Waals surface area contributed by atoms with Gasteiger partial charge in [0.2, 0.25) is 0 Å². The summed E-state index contributed by atoms with van der Waals surface area (Å²) in [4.78, 5) is 22.5. The Kier molecular flexibility index (Phi) is 6.58. The van der Waals surface area contributed by atoms with Crippen LogP contribution in [0.15, 0.2) is 65.7 Å². The highest BCUT2D eigenvalue weighted by atomic mass is 32.1. The molecule has 0 aliphatic carbocycles. The Balaban J connectivity index is 1.27. The summed E-state index contributed by atoms with van der Waals surface area (Å²) in [7, 11) is 0. The second-order valence-corrected chi connectivity index (χ2v) is 10.5. The Labute approximate surface area is 222 Å². The topological polar surface area (TPSA) is 92.8 Å². The molecular formula is C29H24FN5O2S. The van der Waals surface area contributed by atoms with Gasteiger partial charge in [-0.2, -0.15) is 5.26 Å². The molecule has 38 heavy (non-hydrogen) atoms. The lowest BCUT2D eigenvalue weighted by molar-refractivity contribution is 0.214. The smallest absolute Gasteiger partial charge is 0.287 e. The van der Waals surface area contributed by atoms with Crippen molar-refractivity contribution < 1.29 is 9.13 Å². The fourth-order valence-electron chi connectivity index (χ4n) is 4.86. The molecule has 3 aromatic heterocycles. The third-order valence-electron chi connectivity index (χ3n) is 6.90. The third-order valence-corrected chi connectivity index (χ3v) is 8.11. The number of hydrogen-bond donors (Lipinski definition) is 1. The third kappa shape index (κ3) is 4.76. The van der Waals surface area contributed by atoms with Crippen molar-refractivity contribution in [1.82, 2.24) is 19.9 Å². The molecule has 0 spiro atoms. The molecule has 7 nitrogen and oxygen atoms in total. The first-order valence-corrected chi connectivity index (χ1v) is 13.3. The molecule has 0 bridgehead atoms. The van der Waals surface area contributed by atoms with Gasteiger partial charge < -0.3 is 10.1 Å². The molecule has 0 amide bonds. The average Bonchev–Trinajstić information content (AvgIpc) is 3.32. The Morgan fingerprint density at radius 1 is 1.11 bits per heavy atom. The van der Waals surface area contributed by atoms with Crippen LogP contribution in [0.4, 0.5) is 4.39 Å². The van der Waals surface area contributed by atoms with E-state index in [9.17, 15) is 14.4 Å². The summed E-state index contributed by atoms with van der Waals surface area (Å²) in [5, 5.41) is 14.0. The monoisotopic (exact) mass is 525 g/mol. The normalized spacial score (nSPS) is 14.1. The predicted octanol–water partition coefficient (Wildman–Crippen LogP) is 5.11. The van der Waals surface area contributed by atoms with Gasteiger partial charge in [0.15, 0.2) is 17.4 Å². The van der Waals surface area contributed by atoms with Crippen molar-refractivity contribution in [3.8, 4) is 23.2 Å². The van der Waals surface area contributed by atoms with Crippen molar-refractivity contribution in [2.45, 2.75) is 19.4 Å². The van der Waals surface area contributed by atoms with Crippen molar-refractivity contribution in [2.75, 3.05) is 19.7 Å². The van der Waals surface area contributed by atoms with Crippen molar-refractivity contribution in [2.24, 2.45) is 5.92 Å². The number of benzene rings is 2. The lowest BCUT2D eigenvalue weighted by Crippen LogP contribution is -2.30. The number of halogens is 1. The molecule has 2 aromatic carbocycles. The van der Waals surface area contributed by atoms with E-state index in [0.29, 0.717) is 39.9 Å². The zero-order valence-electron chi connectivity index (χ0n) is 20.5. The highest BCUT2D eigenvalue weighted by Crippen LogP contribution is 2.34. The number of hydrogen-bond acceptors (Lipinski definition) is 7. The van der Waals surface area contributed by atoms with Gasteiger partial charge in [-0.05, 0) is 67.7 Å². The molecule has 1 fully saturated rings. The summed E-state index contributed by atoms with van der Waals surface area (Å²) in [5.74, 6) is 0.906. The molecule has 1 N–H and O–H groups in total. The molecule has 9 heteroatoms. The van der Waals surface area contributed by atoms with Gasteiger partial charge in [0, 0.05) is 21.0 Å². The van der Waals surface area contributed by atoms with Crippen LogP contribution in [0.5, 0.6) is 5.75 Å². The fourth-order valence-corrected chi connectivity index (χ4v) is 6.02. The molecule has 1 aliphatic rings. The van der Waals surface area contributed by atoms with Gasteiger partial charge in [-0.15, -0.1) is 11.3 Å². The molecule has 6 rings (SSSR count). The molecule has 0 unspecified atom stereocenters. The summed E-state index contributed by atoms with van der Waals surface area (Å²) in [6.45, 7) is 2.90. The number of nitriles is 1.